The summed E-state index contributed by atoms with van der Waals surface area (Å²) in [6.45, 7) is 7.60. The molecule has 0 radical (unpaired) electrons. The molecule has 0 bridgehead atoms. The number of benzene rings is 3. The van der Waals surface area contributed by atoms with Crippen LogP contribution in [0.4, 0.5) is 10.1 Å². The summed E-state index contributed by atoms with van der Waals surface area (Å²) in [5, 5.41) is 2.89. The van der Waals surface area contributed by atoms with E-state index in [1.807, 2.05) is 13.8 Å². The molecule has 0 aliphatic carbocycles. The molecule has 0 fully saturated rings. The molecule has 10 heteroatoms. The summed E-state index contributed by atoms with van der Waals surface area (Å²) in [4.78, 5) is 28.7. The van der Waals surface area contributed by atoms with Gasteiger partial charge in [0, 0.05) is 13.1 Å². The summed E-state index contributed by atoms with van der Waals surface area (Å²) in [7, 11) is -4.22. The Bertz CT molecular complexity index is 1400. The molecule has 0 heterocycles. The van der Waals surface area contributed by atoms with Crippen LogP contribution in [0.1, 0.15) is 39.7 Å². The van der Waals surface area contributed by atoms with Crippen LogP contribution in [0.5, 0.6) is 5.75 Å². The van der Waals surface area contributed by atoms with Gasteiger partial charge < -0.3 is 15.0 Å². The average molecular weight is 584 g/mol. The molecule has 1 unspecified atom stereocenters. The summed E-state index contributed by atoms with van der Waals surface area (Å²) >= 11 is 0. The van der Waals surface area contributed by atoms with Gasteiger partial charge in [-0.2, -0.15) is 0 Å². The van der Waals surface area contributed by atoms with Crippen molar-refractivity contribution in [1.82, 2.24) is 10.2 Å². The minimum absolute atomic E-state index is 0.00547. The number of carbonyl (C=O) groups excluding carboxylic acids is 2. The Labute approximate surface area is 242 Å². The highest BCUT2D eigenvalue weighted by Gasteiger charge is 2.34. The van der Waals surface area contributed by atoms with Gasteiger partial charge >= 0.3 is 0 Å². The first-order valence-electron chi connectivity index (χ1n) is 13.7. The normalized spacial score (nSPS) is 12.0. The maximum atomic E-state index is 14.1. The van der Waals surface area contributed by atoms with Crippen LogP contribution < -0.4 is 14.4 Å². The lowest BCUT2D eigenvalue weighted by Gasteiger charge is -2.33. The number of rotatable bonds is 14. The smallest absolute Gasteiger partial charge is 0.264 e. The second kappa shape index (κ2) is 14.6. The summed E-state index contributed by atoms with van der Waals surface area (Å²) in [5.41, 5.74) is 0.799. The number of amides is 2. The van der Waals surface area contributed by atoms with E-state index in [4.69, 9.17) is 4.74 Å². The zero-order valence-electron chi connectivity index (χ0n) is 23.9. The van der Waals surface area contributed by atoms with Gasteiger partial charge in [0.25, 0.3) is 10.0 Å². The van der Waals surface area contributed by atoms with Gasteiger partial charge in [0.05, 0.1) is 17.2 Å². The van der Waals surface area contributed by atoms with Crippen LogP contribution in [0.25, 0.3) is 0 Å². The monoisotopic (exact) mass is 583 g/mol. The number of hydrogen-bond acceptors (Lipinski definition) is 5. The lowest BCUT2D eigenvalue weighted by molar-refractivity contribution is -0.140. The first-order chi connectivity index (χ1) is 19.6. The molecule has 0 spiro atoms. The van der Waals surface area contributed by atoms with Gasteiger partial charge in [-0.25, -0.2) is 12.8 Å². The van der Waals surface area contributed by atoms with E-state index >= 15 is 0 Å². The van der Waals surface area contributed by atoms with Gasteiger partial charge in [0.2, 0.25) is 11.8 Å². The first-order valence-corrected chi connectivity index (χ1v) is 15.1. The third-order valence-electron chi connectivity index (χ3n) is 6.38. The molecule has 2 amide bonds. The maximum Gasteiger partial charge on any atom is 0.264 e. The van der Waals surface area contributed by atoms with E-state index in [0.29, 0.717) is 17.9 Å². The molecule has 220 valence electrons. The highest BCUT2D eigenvalue weighted by molar-refractivity contribution is 7.92. The zero-order chi connectivity index (χ0) is 30.0. The van der Waals surface area contributed by atoms with Gasteiger partial charge in [0.15, 0.2) is 0 Å². The molecular formula is C31H38FN3O5S. The average Bonchev–Trinajstić information content (AvgIpc) is 2.96. The number of para-hydroxylation sites is 2. The maximum absolute atomic E-state index is 14.1. The number of carbonyl (C=O) groups is 2. The number of nitrogens with one attached hydrogen (secondary N) is 1. The van der Waals surface area contributed by atoms with Crippen molar-refractivity contribution in [1.29, 1.82) is 0 Å². The second-order valence-electron chi connectivity index (χ2n) is 9.94. The summed E-state index contributed by atoms with van der Waals surface area (Å²) in [6, 6.07) is 19.2. The molecule has 3 aromatic carbocycles. The third-order valence-corrected chi connectivity index (χ3v) is 8.15. The van der Waals surface area contributed by atoms with Crippen LogP contribution in [0.2, 0.25) is 0 Å². The standard InChI is InChI=1S/C31H38FN3O5S/c1-5-27(31(37)33-20-23(3)4)34(21-24-16-18-25(32)19-17-24)30(36)22-35(28-14-10-11-15-29(28)40-6-2)41(38,39)26-12-8-7-9-13-26/h7-19,23,27H,5-6,20-22H2,1-4H3,(H,33,37). The van der Waals surface area contributed by atoms with E-state index in [1.165, 1.54) is 41.3 Å². The van der Waals surface area contributed by atoms with E-state index in [0.717, 1.165) is 4.31 Å². The topological polar surface area (TPSA) is 96.0 Å². The molecular weight excluding hydrogens is 545 g/mol. The van der Waals surface area contributed by atoms with E-state index < -0.39 is 34.3 Å². The Morgan fingerprint density at radius 2 is 1.56 bits per heavy atom. The number of ether oxygens (including phenoxy) is 1. The van der Waals surface area contributed by atoms with Crippen LogP contribution in [-0.4, -0.2) is 50.9 Å². The van der Waals surface area contributed by atoms with Gasteiger partial charge in [0.1, 0.15) is 24.2 Å². The Kier molecular flexibility index (Phi) is 11.3. The van der Waals surface area contributed by atoms with Gasteiger partial charge in [-0.1, -0.05) is 63.2 Å². The first kappa shape index (κ1) is 31.6. The van der Waals surface area contributed by atoms with Crippen LogP contribution >= 0.6 is 0 Å². The minimum Gasteiger partial charge on any atom is -0.492 e. The number of halogens is 1. The minimum atomic E-state index is -4.22. The predicted octanol–water partition coefficient (Wildman–Crippen LogP) is 5.00. The van der Waals surface area contributed by atoms with Crippen molar-refractivity contribution < 1.29 is 27.1 Å². The van der Waals surface area contributed by atoms with E-state index in [9.17, 15) is 22.4 Å². The van der Waals surface area contributed by atoms with Crippen molar-refractivity contribution in [3.63, 3.8) is 0 Å². The Morgan fingerprint density at radius 1 is 0.927 bits per heavy atom. The SMILES string of the molecule is CCOc1ccccc1N(CC(=O)N(Cc1ccc(F)cc1)C(CC)C(=O)NCC(C)C)S(=O)(=O)c1ccccc1. The molecule has 3 aromatic rings. The molecule has 8 nitrogen and oxygen atoms in total. The summed E-state index contributed by atoms with van der Waals surface area (Å²) < 4.78 is 48.3. The molecule has 3 rings (SSSR count). The van der Waals surface area contributed by atoms with Crippen LogP contribution in [0, 0.1) is 11.7 Å². The van der Waals surface area contributed by atoms with Crippen molar-refractivity contribution in [3.8, 4) is 5.75 Å². The van der Waals surface area contributed by atoms with Crippen molar-refractivity contribution in [3.05, 3.63) is 90.2 Å². The molecule has 0 aliphatic heterocycles. The fraction of sp³-hybridized carbons (Fsp3) is 0.355. The number of anilines is 1. The molecule has 0 aliphatic rings. The van der Waals surface area contributed by atoms with Crippen molar-refractivity contribution in [2.24, 2.45) is 5.92 Å². The van der Waals surface area contributed by atoms with Gasteiger partial charge in [-0.05, 0) is 61.2 Å². The zero-order valence-corrected chi connectivity index (χ0v) is 24.7. The third kappa shape index (κ3) is 8.29. The van der Waals surface area contributed by atoms with Crippen LogP contribution in [0.15, 0.2) is 83.8 Å². The quantitative estimate of drug-likeness (QED) is 0.288. The van der Waals surface area contributed by atoms with Gasteiger partial charge in [-0.3, -0.25) is 13.9 Å². The molecule has 1 atom stereocenters. The van der Waals surface area contributed by atoms with Crippen LogP contribution in [0.3, 0.4) is 0 Å². The lowest BCUT2D eigenvalue weighted by atomic mass is 10.1. The largest absolute Gasteiger partial charge is 0.492 e. The fourth-order valence-corrected chi connectivity index (χ4v) is 5.75. The van der Waals surface area contributed by atoms with E-state index in [-0.39, 0.29) is 42.0 Å². The Hall–Kier alpha value is -3.92. The molecule has 0 aromatic heterocycles. The van der Waals surface area contributed by atoms with Crippen molar-refractivity contribution in [2.45, 2.75) is 51.6 Å². The van der Waals surface area contributed by atoms with E-state index in [1.54, 1.807) is 56.3 Å². The number of nitrogens with zero attached hydrogens (tertiary/aromatic N) is 2. The van der Waals surface area contributed by atoms with Crippen molar-refractivity contribution in [2.75, 3.05) is 24.0 Å². The molecule has 0 saturated carbocycles. The Balaban J connectivity index is 2.08. The highest BCUT2D eigenvalue weighted by atomic mass is 32.2. The lowest BCUT2D eigenvalue weighted by Crippen LogP contribution is -2.52. The second-order valence-corrected chi connectivity index (χ2v) is 11.8. The van der Waals surface area contributed by atoms with E-state index in [2.05, 4.69) is 5.32 Å². The van der Waals surface area contributed by atoms with Crippen LogP contribution in [-0.2, 0) is 26.2 Å². The predicted molar refractivity (Wildman–Crippen MR) is 157 cm³/mol. The number of sulfonamides is 1. The Morgan fingerprint density at radius 3 is 2.17 bits per heavy atom. The molecule has 1 N–H and O–H groups in total. The fourth-order valence-electron chi connectivity index (χ4n) is 4.30. The summed E-state index contributed by atoms with van der Waals surface area (Å²) in [6.07, 6.45) is 0.290. The summed E-state index contributed by atoms with van der Waals surface area (Å²) in [5.74, 6) is -0.870. The molecule has 0 saturated heterocycles. The van der Waals surface area contributed by atoms with Crippen molar-refractivity contribution >= 4 is 27.5 Å². The number of hydrogen-bond donors (Lipinski definition) is 1. The highest BCUT2D eigenvalue weighted by Crippen LogP contribution is 2.33. The molecule has 41 heavy (non-hydrogen) atoms. The van der Waals surface area contributed by atoms with Gasteiger partial charge in [-0.15, -0.1) is 0 Å².